The van der Waals surface area contributed by atoms with E-state index in [4.69, 9.17) is 10.00 Å². The van der Waals surface area contributed by atoms with Crippen molar-refractivity contribution in [1.29, 1.82) is 5.26 Å². The lowest BCUT2D eigenvalue weighted by Gasteiger charge is -2.14. The lowest BCUT2D eigenvalue weighted by atomic mass is 10.2. The Hall–Kier alpha value is -1.64. The maximum Gasteiger partial charge on any atom is 0.124 e. The van der Waals surface area contributed by atoms with Crippen LogP contribution in [0.3, 0.4) is 0 Å². The standard InChI is InChI=1S/C16H23FN2O2/c1-2-3-4-5-8-21-12-15(20)11-19-16-7-6-14(17)9-13(16)10-18/h6-7,9,15,19-20H,2-5,8,11-12H2,1H3. The van der Waals surface area contributed by atoms with E-state index in [1.165, 1.54) is 31.0 Å². The normalized spacial score (nSPS) is 11.9. The van der Waals surface area contributed by atoms with Gasteiger partial charge in [0.1, 0.15) is 11.9 Å². The summed E-state index contributed by atoms with van der Waals surface area (Å²) < 4.78 is 18.4. The first-order chi connectivity index (χ1) is 10.2. The van der Waals surface area contributed by atoms with Crippen LogP contribution in [0.5, 0.6) is 0 Å². The van der Waals surface area contributed by atoms with Gasteiger partial charge >= 0.3 is 0 Å². The first-order valence-corrected chi connectivity index (χ1v) is 7.36. The van der Waals surface area contributed by atoms with Crippen molar-refractivity contribution in [2.45, 2.75) is 38.7 Å². The summed E-state index contributed by atoms with van der Waals surface area (Å²) in [6, 6.07) is 5.85. The molecule has 0 spiro atoms. The van der Waals surface area contributed by atoms with Crippen LogP contribution in [0.25, 0.3) is 0 Å². The smallest absolute Gasteiger partial charge is 0.124 e. The molecule has 1 aromatic carbocycles. The highest BCUT2D eigenvalue weighted by molar-refractivity contribution is 5.57. The van der Waals surface area contributed by atoms with Crippen LogP contribution in [0.15, 0.2) is 18.2 Å². The minimum atomic E-state index is -0.659. The van der Waals surface area contributed by atoms with Gasteiger partial charge in [-0.05, 0) is 24.6 Å². The molecule has 0 amide bonds. The number of aliphatic hydroxyl groups is 1. The third-order valence-corrected chi connectivity index (χ3v) is 3.08. The maximum absolute atomic E-state index is 13.0. The van der Waals surface area contributed by atoms with Crippen LogP contribution >= 0.6 is 0 Å². The number of nitrogens with one attached hydrogen (secondary N) is 1. The third-order valence-electron chi connectivity index (χ3n) is 3.08. The van der Waals surface area contributed by atoms with E-state index in [0.29, 0.717) is 12.3 Å². The van der Waals surface area contributed by atoms with Crippen molar-refractivity contribution >= 4 is 5.69 Å². The van der Waals surface area contributed by atoms with E-state index >= 15 is 0 Å². The highest BCUT2D eigenvalue weighted by Gasteiger charge is 2.07. The highest BCUT2D eigenvalue weighted by Crippen LogP contribution is 2.15. The lowest BCUT2D eigenvalue weighted by Crippen LogP contribution is -2.25. The molecule has 0 aliphatic carbocycles. The Morgan fingerprint density at radius 1 is 1.38 bits per heavy atom. The molecule has 0 aliphatic rings. The first kappa shape index (κ1) is 17.4. The van der Waals surface area contributed by atoms with E-state index in [0.717, 1.165) is 12.8 Å². The molecule has 0 saturated heterocycles. The molecule has 1 rings (SSSR count). The molecule has 0 radical (unpaired) electrons. The van der Waals surface area contributed by atoms with Crippen molar-refractivity contribution in [3.8, 4) is 6.07 Å². The molecule has 0 saturated carbocycles. The molecule has 116 valence electrons. The van der Waals surface area contributed by atoms with E-state index in [9.17, 15) is 9.50 Å². The van der Waals surface area contributed by atoms with Gasteiger partial charge in [-0.15, -0.1) is 0 Å². The molecule has 21 heavy (non-hydrogen) atoms. The fourth-order valence-electron chi connectivity index (χ4n) is 1.90. The van der Waals surface area contributed by atoms with Crippen LogP contribution < -0.4 is 5.32 Å². The number of rotatable bonds is 10. The molecule has 0 aliphatic heterocycles. The van der Waals surface area contributed by atoms with Gasteiger partial charge in [0, 0.05) is 13.2 Å². The van der Waals surface area contributed by atoms with Gasteiger partial charge in [0.15, 0.2) is 0 Å². The number of nitrogens with zero attached hydrogens (tertiary/aromatic N) is 1. The fourth-order valence-corrected chi connectivity index (χ4v) is 1.90. The molecule has 1 atom stereocenters. The van der Waals surface area contributed by atoms with Crippen LogP contribution in [0.2, 0.25) is 0 Å². The molecular formula is C16H23FN2O2. The topological polar surface area (TPSA) is 65.3 Å². The van der Waals surface area contributed by atoms with E-state index in [2.05, 4.69) is 12.2 Å². The first-order valence-electron chi connectivity index (χ1n) is 7.36. The van der Waals surface area contributed by atoms with Gasteiger partial charge in [0.05, 0.1) is 24.0 Å². The second-order valence-electron chi connectivity index (χ2n) is 4.97. The quantitative estimate of drug-likeness (QED) is 0.651. The van der Waals surface area contributed by atoms with E-state index in [1.807, 2.05) is 6.07 Å². The summed E-state index contributed by atoms with van der Waals surface area (Å²) in [7, 11) is 0. The Balaban J connectivity index is 2.24. The van der Waals surface area contributed by atoms with Gasteiger partial charge in [-0.25, -0.2) is 4.39 Å². The van der Waals surface area contributed by atoms with Crippen molar-refractivity contribution in [3.05, 3.63) is 29.6 Å². The van der Waals surface area contributed by atoms with Gasteiger partial charge < -0.3 is 15.2 Å². The zero-order chi connectivity index (χ0) is 15.5. The van der Waals surface area contributed by atoms with Crippen molar-refractivity contribution in [2.24, 2.45) is 0 Å². The molecule has 2 N–H and O–H groups in total. The summed E-state index contributed by atoms with van der Waals surface area (Å²) in [5.74, 6) is -0.451. The molecule has 4 nitrogen and oxygen atoms in total. The molecule has 1 unspecified atom stereocenters. The predicted molar refractivity (Wildman–Crippen MR) is 80.6 cm³/mol. The minimum absolute atomic E-state index is 0.225. The number of hydrogen-bond acceptors (Lipinski definition) is 4. The Kier molecular flexibility index (Phi) is 8.41. The molecule has 0 heterocycles. The maximum atomic E-state index is 13.0. The van der Waals surface area contributed by atoms with Crippen LogP contribution in [0, 0.1) is 17.1 Å². The van der Waals surface area contributed by atoms with Crippen molar-refractivity contribution in [2.75, 3.05) is 25.1 Å². The molecule has 0 bridgehead atoms. The molecule has 0 fully saturated rings. The summed E-state index contributed by atoms with van der Waals surface area (Å²) in [6.45, 7) is 3.32. The van der Waals surface area contributed by atoms with Crippen LogP contribution in [-0.4, -0.2) is 31.0 Å². The van der Waals surface area contributed by atoms with Crippen molar-refractivity contribution in [3.63, 3.8) is 0 Å². The number of unbranched alkanes of at least 4 members (excludes halogenated alkanes) is 3. The summed E-state index contributed by atoms with van der Waals surface area (Å²) in [5.41, 5.74) is 0.739. The summed E-state index contributed by atoms with van der Waals surface area (Å²) in [6.07, 6.45) is 3.88. The lowest BCUT2D eigenvalue weighted by molar-refractivity contribution is 0.0417. The van der Waals surface area contributed by atoms with Crippen LogP contribution in [-0.2, 0) is 4.74 Å². The average molecular weight is 294 g/mol. The van der Waals surface area contributed by atoms with Crippen LogP contribution in [0.1, 0.15) is 38.2 Å². The summed E-state index contributed by atoms with van der Waals surface area (Å²) in [5, 5.41) is 21.6. The average Bonchev–Trinajstić information content (AvgIpc) is 2.49. The van der Waals surface area contributed by atoms with Gasteiger partial charge in [0.2, 0.25) is 0 Å². The van der Waals surface area contributed by atoms with E-state index in [-0.39, 0.29) is 18.7 Å². The largest absolute Gasteiger partial charge is 0.389 e. The van der Waals surface area contributed by atoms with Crippen molar-refractivity contribution < 1.29 is 14.2 Å². The van der Waals surface area contributed by atoms with E-state index < -0.39 is 11.9 Å². The minimum Gasteiger partial charge on any atom is -0.389 e. The number of benzene rings is 1. The monoisotopic (exact) mass is 294 g/mol. The zero-order valence-electron chi connectivity index (χ0n) is 12.4. The second kappa shape index (κ2) is 10.1. The number of hydrogen-bond donors (Lipinski definition) is 2. The number of ether oxygens (including phenoxy) is 1. The van der Waals surface area contributed by atoms with Crippen molar-refractivity contribution in [1.82, 2.24) is 0 Å². The fraction of sp³-hybridized carbons (Fsp3) is 0.562. The summed E-state index contributed by atoms with van der Waals surface area (Å²) >= 11 is 0. The third kappa shape index (κ3) is 7.07. The molecule has 5 heteroatoms. The SMILES string of the molecule is CCCCCCOCC(O)CNc1ccc(F)cc1C#N. The van der Waals surface area contributed by atoms with Gasteiger partial charge in [-0.1, -0.05) is 26.2 Å². The molecule has 1 aromatic rings. The number of anilines is 1. The Labute approximate surface area is 125 Å². The van der Waals surface area contributed by atoms with E-state index in [1.54, 1.807) is 0 Å². The zero-order valence-corrected chi connectivity index (χ0v) is 12.4. The number of halogens is 1. The predicted octanol–water partition coefficient (Wildman–Crippen LogP) is 3.07. The molecular weight excluding hydrogens is 271 g/mol. The Bertz CT molecular complexity index is 460. The number of aliphatic hydroxyl groups excluding tert-OH is 1. The van der Waals surface area contributed by atoms with Crippen LogP contribution in [0.4, 0.5) is 10.1 Å². The second-order valence-corrected chi connectivity index (χ2v) is 4.97. The molecule has 0 aromatic heterocycles. The Morgan fingerprint density at radius 3 is 2.90 bits per heavy atom. The van der Waals surface area contributed by atoms with Gasteiger partial charge in [-0.3, -0.25) is 0 Å². The van der Waals surface area contributed by atoms with Gasteiger partial charge in [0.25, 0.3) is 0 Å². The Morgan fingerprint density at radius 2 is 2.19 bits per heavy atom. The summed E-state index contributed by atoms with van der Waals surface area (Å²) in [4.78, 5) is 0. The highest BCUT2D eigenvalue weighted by atomic mass is 19.1. The number of nitriles is 1. The van der Waals surface area contributed by atoms with Gasteiger partial charge in [-0.2, -0.15) is 5.26 Å².